The Hall–Kier alpha value is -4.32. The Morgan fingerprint density at radius 3 is 2.69 bits per heavy atom. The minimum absolute atomic E-state index is 0.156. The second kappa shape index (κ2) is 8.80. The molecule has 0 radical (unpaired) electrons. The van der Waals surface area contributed by atoms with Crippen LogP contribution in [0.25, 0.3) is 26.6 Å². The second-order valence-corrected chi connectivity index (χ2v) is 9.75. The van der Waals surface area contributed by atoms with Crippen molar-refractivity contribution in [2.75, 3.05) is 22.5 Å². The molecule has 0 saturated heterocycles. The van der Waals surface area contributed by atoms with Crippen molar-refractivity contribution >= 4 is 56.4 Å². The van der Waals surface area contributed by atoms with E-state index in [4.69, 9.17) is 9.51 Å². The number of fused-ring (bicyclic) bond motifs is 3. The molecule has 0 fully saturated rings. The van der Waals surface area contributed by atoms with Gasteiger partial charge in [0.1, 0.15) is 22.4 Å². The Kier molecular flexibility index (Phi) is 5.65. The van der Waals surface area contributed by atoms with Gasteiger partial charge in [-0.3, -0.25) is 9.72 Å². The molecule has 178 valence electrons. The van der Waals surface area contributed by atoms with Crippen molar-refractivity contribution in [1.82, 2.24) is 24.5 Å². The molecule has 0 aliphatic rings. The van der Waals surface area contributed by atoms with Gasteiger partial charge in [0, 0.05) is 28.9 Å². The maximum absolute atomic E-state index is 12.3. The van der Waals surface area contributed by atoms with E-state index in [0.717, 1.165) is 32.9 Å². The summed E-state index contributed by atoms with van der Waals surface area (Å²) in [4.78, 5) is 37.8. The Balaban J connectivity index is 1.28. The molecule has 1 aromatic carbocycles. The van der Waals surface area contributed by atoms with Crippen LogP contribution in [0.15, 0.2) is 47.2 Å². The lowest BCUT2D eigenvalue weighted by Crippen LogP contribution is -2.19. The second-order valence-electron chi connectivity index (χ2n) is 8.80. The van der Waals surface area contributed by atoms with Gasteiger partial charge in [-0.2, -0.15) is 0 Å². The first-order chi connectivity index (χ1) is 16.8. The van der Waals surface area contributed by atoms with Crippen molar-refractivity contribution in [1.29, 1.82) is 0 Å². The fraction of sp³-hybridized carbons (Fsp3) is 0.217. The number of rotatable bonds is 6. The molecule has 5 aromatic rings. The molecule has 2 amide bonds. The molecule has 0 bridgehead atoms. The molecule has 0 unspecified atom stereocenters. The highest BCUT2D eigenvalue weighted by Gasteiger charge is 2.20. The van der Waals surface area contributed by atoms with Gasteiger partial charge >= 0.3 is 6.03 Å². The van der Waals surface area contributed by atoms with Crippen LogP contribution in [0.5, 0.6) is 0 Å². The summed E-state index contributed by atoms with van der Waals surface area (Å²) in [5.74, 6) is 1.44. The van der Waals surface area contributed by atoms with Gasteiger partial charge in [-0.1, -0.05) is 49.4 Å². The molecule has 11 nitrogen and oxygen atoms in total. The number of carbonyl (C=O) groups excluding carboxylic acids is 2. The van der Waals surface area contributed by atoms with Crippen LogP contribution < -0.4 is 16.0 Å². The zero-order valence-electron chi connectivity index (χ0n) is 19.2. The molecule has 4 aromatic heterocycles. The number of anilines is 3. The summed E-state index contributed by atoms with van der Waals surface area (Å²) in [6.45, 7) is 6.17. The number of benzene rings is 1. The third-order valence-electron chi connectivity index (χ3n) is 5.13. The number of urea groups is 1. The average molecular weight is 491 g/mol. The molecule has 0 spiro atoms. The van der Waals surface area contributed by atoms with E-state index in [1.54, 1.807) is 24.4 Å². The number of amides is 2. The van der Waals surface area contributed by atoms with E-state index in [-0.39, 0.29) is 12.0 Å². The molecule has 0 aliphatic carbocycles. The lowest BCUT2D eigenvalue weighted by Gasteiger charge is -2.12. The normalized spacial score (nSPS) is 11.6. The monoisotopic (exact) mass is 490 g/mol. The van der Waals surface area contributed by atoms with Crippen molar-refractivity contribution < 1.29 is 14.1 Å². The topological polar surface area (TPSA) is 139 Å². The van der Waals surface area contributed by atoms with Crippen LogP contribution >= 0.6 is 11.3 Å². The lowest BCUT2D eigenvalue weighted by molar-refractivity contribution is -0.106. The van der Waals surface area contributed by atoms with E-state index in [1.807, 2.05) is 43.5 Å². The molecular formula is C23H22N8O3S. The maximum Gasteiger partial charge on any atom is 0.324 e. The number of nitrogens with one attached hydrogen (secondary N) is 3. The highest BCUT2D eigenvalue weighted by atomic mass is 32.1. The Bertz CT molecular complexity index is 1530. The third kappa shape index (κ3) is 4.68. The van der Waals surface area contributed by atoms with Crippen LogP contribution in [0.2, 0.25) is 0 Å². The quantitative estimate of drug-likeness (QED) is 0.295. The molecule has 35 heavy (non-hydrogen) atoms. The van der Waals surface area contributed by atoms with Crippen LogP contribution in [0, 0.1) is 0 Å². The summed E-state index contributed by atoms with van der Waals surface area (Å²) in [6.07, 6.45) is 4.38. The smallest absolute Gasteiger partial charge is 0.324 e. The predicted octanol–water partition coefficient (Wildman–Crippen LogP) is 4.55. The van der Waals surface area contributed by atoms with Crippen molar-refractivity contribution in [2.45, 2.75) is 26.2 Å². The van der Waals surface area contributed by atoms with E-state index in [2.05, 4.69) is 31.1 Å². The SMILES string of the molecule is CC(C)(C)c1cc(NC(=O)Nc2ccc(-c3cn4c(n3)sc3nc(NCC=O)ncc34)cc2)no1. The van der Waals surface area contributed by atoms with Crippen molar-refractivity contribution in [3.63, 3.8) is 0 Å². The largest absolute Gasteiger partial charge is 0.359 e. The highest BCUT2D eigenvalue weighted by molar-refractivity contribution is 7.23. The predicted molar refractivity (Wildman–Crippen MR) is 134 cm³/mol. The first-order valence-electron chi connectivity index (χ1n) is 10.8. The van der Waals surface area contributed by atoms with Crippen LogP contribution in [-0.2, 0) is 10.2 Å². The summed E-state index contributed by atoms with van der Waals surface area (Å²) < 4.78 is 7.22. The van der Waals surface area contributed by atoms with Gasteiger partial charge in [0.25, 0.3) is 0 Å². The molecule has 12 heteroatoms. The van der Waals surface area contributed by atoms with Gasteiger partial charge in [0.15, 0.2) is 10.8 Å². The van der Waals surface area contributed by atoms with E-state index >= 15 is 0 Å². The summed E-state index contributed by atoms with van der Waals surface area (Å²) in [5.41, 5.74) is 2.95. The first-order valence-corrected chi connectivity index (χ1v) is 11.6. The van der Waals surface area contributed by atoms with Crippen LogP contribution in [0.1, 0.15) is 26.5 Å². The fourth-order valence-corrected chi connectivity index (χ4v) is 4.30. The number of hydrogen-bond acceptors (Lipinski definition) is 9. The maximum atomic E-state index is 12.3. The number of imidazole rings is 1. The van der Waals surface area contributed by atoms with Crippen molar-refractivity contribution in [3.8, 4) is 11.3 Å². The van der Waals surface area contributed by atoms with Gasteiger partial charge in [0.2, 0.25) is 5.95 Å². The van der Waals surface area contributed by atoms with E-state index in [9.17, 15) is 9.59 Å². The number of thiazole rings is 1. The fourth-order valence-electron chi connectivity index (χ4n) is 3.34. The van der Waals surface area contributed by atoms with Crippen molar-refractivity contribution in [2.24, 2.45) is 0 Å². The number of aromatic nitrogens is 5. The van der Waals surface area contributed by atoms with Gasteiger partial charge in [-0.05, 0) is 12.1 Å². The van der Waals surface area contributed by atoms with Crippen LogP contribution in [-0.4, -0.2) is 43.4 Å². The number of nitrogens with zero attached hydrogens (tertiary/aromatic N) is 5. The van der Waals surface area contributed by atoms with Gasteiger partial charge in [0.05, 0.1) is 18.4 Å². The van der Waals surface area contributed by atoms with E-state index < -0.39 is 6.03 Å². The van der Waals surface area contributed by atoms with E-state index in [0.29, 0.717) is 23.2 Å². The van der Waals surface area contributed by atoms with Gasteiger partial charge in [-0.25, -0.2) is 19.7 Å². The zero-order valence-corrected chi connectivity index (χ0v) is 20.0. The molecular weight excluding hydrogens is 468 g/mol. The average Bonchev–Trinajstić information content (AvgIpc) is 3.52. The minimum Gasteiger partial charge on any atom is -0.359 e. The van der Waals surface area contributed by atoms with Gasteiger partial charge in [-0.15, -0.1) is 0 Å². The summed E-state index contributed by atoms with van der Waals surface area (Å²) in [6, 6.07) is 8.68. The number of aldehydes is 1. The Morgan fingerprint density at radius 1 is 1.17 bits per heavy atom. The minimum atomic E-state index is -0.414. The summed E-state index contributed by atoms with van der Waals surface area (Å²) in [5, 5.41) is 12.2. The van der Waals surface area contributed by atoms with Crippen molar-refractivity contribution in [3.05, 3.63) is 48.5 Å². The molecule has 3 N–H and O–H groups in total. The standard InChI is InChI=1S/C23H22N8O3S/c1-23(2,3)17-10-18(30-34-17)28-21(33)26-14-6-4-13(5-7-14)15-12-31-16-11-25-20(24-8-9-32)29-19(16)35-22(31)27-15/h4-7,9-12H,8H2,1-3H3,(H,24,25,29)(H2,26,28,30,33). The third-order valence-corrected chi connectivity index (χ3v) is 6.09. The number of hydrogen-bond donors (Lipinski definition) is 3. The first kappa shape index (κ1) is 22.5. The summed E-state index contributed by atoms with van der Waals surface area (Å²) >= 11 is 1.43. The van der Waals surface area contributed by atoms with Crippen LogP contribution in [0.3, 0.4) is 0 Å². The lowest BCUT2D eigenvalue weighted by atomic mass is 9.93. The van der Waals surface area contributed by atoms with Gasteiger partial charge < -0.3 is 20.0 Å². The molecule has 0 atom stereocenters. The van der Waals surface area contributed by atoms with Crippen LogP contribution in [0.4, 0.5) is 22.2 Å². The highest BCUT2D eigenvalue weighted by Crippen LogP contribution is 2.29. The van der Waals surface area contributed by atoms with E-state index in [1.165, 1.54) is 11.3 Å². The molecule has 5 rings (SSSR count). The Morgan fingerprint density at radius 2 is 1.97 bits per heavy atom. The molecule has 4 heterocycles. The molecule has 0 aliphatic heterocycles. The summed E-state index contributed by atoms with van der Waals surface area (Å²) in [7, 11) is 0. The zero-order chi connectivity index (χ0) is 24.6. The number of carbonyl (C=O) groups is 2. The Labute approximate surface area is 203 Å². The molecule has 0 saturated carbocycles.